The minimum absolute atomic E-state index is 0.122. The van der Waals surface area contributed by atoms with Crippen LogP contribution in [0.25, 0.3) is 0 Å². The van der Waals surface area contributed by atoms with Gasteiger partial charge in [0.1, 0.15) is 5.82 Å². The number of rotatable bonds is 6. The Balaban J connectivity index is 1.54. The van der Waals surface area contributed by atoms with Crippen LogP contribution in [0.15, 0.2) is 48.5 Å². The van der Waals surface area contributed by atoms with Gasteiger partial charge in [-0.05, 0) is 35.9 Å². The van der Waals surface area contributed by atoms with Crippen molar-refractivity contribution in [3.8, 4) is 0 Å². The number of nitrogens with zero attached hydrogens (tertiary/aromatic N) is 1. The van der Waals surface area contributed by atoms with Gasteiger partial charge in [0.15, 0.2) is 6.61 Å². The first kappa shape index (κ1) is 19.2. The molecule has 0 radical (unpaired) electrons. The molecule has 7 nitrogen and oxygen atoms in total. The molecule has 0 aromatic heterocycles. The zero-order valence-electron chi connectivity index (χ0n) is 14.8. The number of benzene rings is 2. The van der Waals surface area contributed by atoms with E-state index in [1.165, 1.54) is 42.5 Å². The molecule has 0 spiro atoms. The molecule has 0 atom stereocenters. The lowest BCUT2D eigenvalue weighted by atomic mass is 10.2. The van der Waals surface area contributed by atoms with Crippen LogP contribution in [0.4, 0.5) is 10.1 Å². The lowest BCUT2D eigenvalue weighted by Crippen LogP contribution is -2.29. The minimum atomic E-state index is -0.752. The van der Waals surface area contributed by atoms with Gasteiger partial charge in [0.25, 0.3) is 5.91 Å². The van der Waals surface area contributed by atoms with Gasteiger partial charge in [-0.25, -0.2) is 9.18 Å². The van der Waals surface area contributed by atoms with Crippen LogP contribution < -0.4 is 10.2 Å². The molecule has 1 aliphatic heterocycles. The number of esters is 1. The van der Waals surface area contributed by atoms with Gasteiger partial charge in [-0.15, -0.1) is 0 Å². The predicted octanol–water partition coefficient (Wildman–Crippen LogP) is 1.95. The maximum atomic E-state index is 12.8. The number of anilines is 1. The summed E-state index contributed by atoms with van der Waals surface area (Å²) in [5.41, 5.74) is 1.12. The van der Waals surface area contributed by atoms with Gasteiger partial charge < -0.3 is 10.1 Å². The van der Waals surface area contributed by atoms with Crippen molar-refractivity contribution in [1.82, 2.24) is 5.32 Å². The molecular weight excluding hydrogens is 367 g/mol. The van der Waals surface area contributed by atoms with Gasteiger partial charge >= 0.3 is 5.97 Å². The van der Waals surface area contributed by atoms with Crippen LogP contribution in [0, 0.1) is 5.82 Å². The maximum Gasteiger partial charge on any atom is 0.338 e. The molecule has 1 saturated heterocycles. The van der Waals surface area contributed by atoms with Crippen LogP contribution >= 0.6 is 0 Å². The molecule has 2 aromatic rings. The first-order valence-corrected chi connectivity index (χ1v) is 8.58. The van der Waals surface area contributed by atoms with E-state index in [-0.39, 0.29) is 42.6 Å². The highest BCUT2D eigenvalue weighted by molar-refractivity contribution is 6.20. The summed E-state index contributed by atoms with van der Waals surface area (Å²) in [6.45, 7) is -0.322. The maximum absolute atomic E-state index is 12.8. The molecular formula is C20H17FN2O5. The lowest BCUT2D eigenvalue weighted by Gasteiger charge is -2.14. The Kier molecular flexibility index (Phi) is 5.78. The summed E-state index contributed by atoms with van der Waals surface area (Å²) >= 11 is 0. The zero-order valence-corrected chi connectivity index (χ0v) is 14.8. The third kappa shape index (κ3) is 4.59. The van der Waals surface area contributed by atoms with E-state index in [0.717, 1.165) is 4.90 Å². The van der Waals surface area contributed by atoms with E-state index in [0.29, 0.717) is 11.3 Å². The molecule has 1 fully saturated rings. The normalized spacial score (nSPS) is 13.5. The third-order valence-corrected chi connectivity index (χ3v) is 4.13. The van der Waals surface area contributed by atoms with Crippen molar-refractivity contribution < 1.29 is 28.3 Å². The first-order chi connectivity index (χ1) is 13.4. The Labute approximate surface area is 160 Å². The fourth-order valence-corrected chi connectivity index (χ4v) is 2.70. The number of amides is 3. The number of halogens is 1. The molecule has 0 saturated carbocycles. The van der Waals surface area contributed by atoms with Gasteiger partial charge in [-0.1, -0.05) is 18.2 Å². The van der Waals surface area contributed by atoms with Gasteiger partial charge in [0, 0.05) is 19.4 Å². The smallest absolute Gasteiger partial charge is 0.338 e. The van der Waals surface area contributed by atoms with Crippen LogP contribution in [-0.4, -0.2) is 30.3 Å². The van der Waals surface area contributed by atoms with Crippen LogP contribution in [0.2, 0.25) is 0 Å². The van der Waals surface area contributed by atoms with Crippen molar-refractivity contribution in [3.05, 3.63) is 65.5 Å². The van der Waals surface area contributed by atoms with Gasteiger partial charge in [0.05, 0.1) is 11.3 Å². The molecule has 0 unspecified atom stereocenters. The molecule has 1 N–H and O–H groups in total. The molecule has 1 aliphatic rings. The number of hydrogen-bond donors (Lipinski definition) is 1. The largest absolute Gasteiger partial charge is 0.452 e. The van der Waals surface area contributed by atoms with E-state index >= 15 is 0 Å². The van der Waals surface area contributed by atoms with Crippen molar-refractivity contribution in [1.29, 1.82) is 0 Å². The first-order valence-electron chi connectivity index (χ1n) is 8.58. The van der Waals surface area contributed by atoms with Gasteiger partial charge in [-0.2, -0.15) is 0 Å². The molecule has 0 bridgehead atoms. The average Bonchev–Trinajstić information content (AvgIpc) is 3.04. The Hall–Kier alpha value is -3.55. The average molecular weight is 384 g/mol. The van der Waals surface area contributed by atoms with Crippen LogP contribution in [0.3, 0.4) is 0 Å². The number of ether oxygens (including phenoxy) is 1. The van der Waals surface area contributed by atoms with E-state index in [2.05, 4.69) is 5.32 Å². The topological polar surface area (TPSA) is 92.8 Å². The van der Waals surface area contributed by atoms with E-state index in [9.17, 15) is 23.6 Å². The molecule has 3 amide bonds. The molecule has 28 heavy (non-hydrogen) atoms. The van der Waals surface area contributed by atoms with Crippen LogP contribution in [0.1, 0.15) is 28.8 Å². The summed E-state index contributed by atoms with van der Waals surface area (Å²) in [6.07, 6.45) is 0.281. The standard InChI is InChI=1S/C20H17FN2O5/c21-15-6-4-13(5-7-15)11-22-17(24)12-28-20(27)14-2-1-3-16(10-14)23-18(25)8-9-19(23)26/h1-7,10H,8-9,11-12H2,(H,22,24). The fourth-order valence-electron chi connectivity index (χ4n) is 2.70. The van der Waals surface area contributed by atoms with Crippen molar-refractivity contribution in [2.24, 2.45) is 0 Å². The van der Waals surface area contributed by atoms with E-state index in [4.69, 9.17) is 4.74 Å². The van der Waals surface area contributed by atoms with Crippen LogP contribution in [0.5, 0.6) is 0 Å². The van der Waals surface area contributed by atoms with E-state index < -0.39 is 18.5 Å². The quantitative estimate of drug-likeness (QED) is 0.607. The van der Waals surface area contributed by atoms with Crippen molar-refractivity contribution in [3.63, 3.8) is 0 Å². The number of nitrogens with one attached hydrogen (secondary N) is 1. The summed E-state index contributed by atoms with van der Waals surface area (Å²) < 4.78 is 17.8. The Morgan fingerprint density at radius 2 is 1.71 bits per heavy atom. The highest BCUT2D eigenvalue weighted by Gasteiger charge is 2.30. The Morgan fingerprint density at radius 1 is 1.04 bits per heavy atom. The molecule has 3 rings (SSSR count). The number of carbonyl (C=O) groups excluding carboxylic acids is 4. The summed E-state index contributed by atoms with van der Waals surface area (Å²) in [5, 5.41) is 2.56. The van der Waals surface area contributed by atoms with Gasteiger partial charge in [-0.3, -0.25) is 19.3 Å². The highest BCUT2D eigenvalue weighted by Crippen LogP contribution is 2.23. The fraction of sp³-hybridized carbons (Fsp3) is 0.200. The predicted molar refractivity (Wildman–Crippen MR) is 96.7 cm³/mol. The number of hydrogen-bond acceptors (Lipinski definition) is 5. The van der Waals surface area contributed by atoms with Crippen molar-refractivity contribution in [2.45, 2.75) is 19.4 Å². The summed E-state index contributed by atoms with van der Waals surface area (Å²) in [4.78, 5) is 48.6. The number of imide groups is 1. The summed E-state index contributed by atoms with van der Waals surface area (Å²) in [7, 11) is 0. The lowest BCUT2D eigenvalue weighted by molar-refractivity contribution is -0.124. The van der Waals surface area contributed by atoms with Gasteiger partial charge in [0.2, 0.25) is 11.8 Å². The second kappa shape index (κ2) is 8.43. The summed E-state index contributed by atoms with van der Waals surface area (Å²) in [5.74, 6) is -2.29. The van der Waals surface area contributed by atoms with Crippen molar-refractivity contribution >= 4 is 29.4 Å². The zero-order chi connectivity index (χ0) is 20.1. The third-order valence-electron chi connectivity index (χ3n) is 4.13. The number of carbonyl (C=O) groups is 4. The monoisotopic (exact) mass is 384 g/mol. The van der Waals surface area contributed by atoms with E-state index in [1.807, 2.05) is 0 Å². The Morgan fingerprint density at radius 3 is 2.39 bits per heavy atom. The Bertz CT molecular complexity index is 910. The molecule has 8 heteroatoms. The molecule has 144 valence electrons. The SMILES string of the molecule is O=C(COC(=O)c1cccc(N2C(=O)CCC2=O)c1)NCc1ccc(F)cc1. The molecule has 0 aliphatic carbocycles. The minimum Gasteiger partial charge on any atom is -0.452 e. The van der Waals surface area contributed by atoms with Crippen molar-refractivity contribution in [2.75, 3.05) is 11.5 Å². The summed E-state index contributed by atoms with van der Waals surface area (Å²) in [6, 6.07) is 11.6. The second-order valence-corrected chi connectivity index (χ2v) is 6.15. The van der Waals surface area contributed by atoms with Crippen LogP contribution in [-0.2, 0) is 25.7 Å². The molecule has 1 heterocycles. The molecule has 2 aromatic carbocycles. The second-order valence-electron chi connectivity index (χ2n) is 6.15. The highest BCUT2D eigenvalue weighted by atomic mass is 19.1. The van der Waals surface area contributed by atoms with E-state index in [1.54, 1.807) is 6.07 Å².